The van der Waals surface area contributed by atoms with Crippen LogP contribution in [0.4, 0.5) is 8.78 Å². The normalized spacial score (nSPS) is 32.8. The Hall–Kier alpha value is -0.710. The van der Waals surface area contributed by atoms with E-state index in [0.29, 0.717) is 0 Å². The standard InChI is InChI=1S/C8H12F2NO2/c9-8(10)2-1-5(4-12)3-6(8)7(11)13/h4-6,12H,1-3H2,(H2,11,13). The fraction of sp³-hybridized carbons (Fsp3) is 0.750. The zero-order chi connectivity index (χ0) is 10.1. The number of rotatable bonds is 2. The van der Waals surface area contributed by atoms with Gasteiger partial charge in [0.15, 0.2) is 0 Å². The largest absolute Gasteiger partial charge is 0.390 e. The summed E-state index contributed by atoms with van der Waals surface area (Å²) in [6, 6.07) is 0. The Morgan fingerprint density at radius 3 is 2.69 bits per heavy atom. The van der Waals surface area contributed by atoms with Crippen molar-refractivity contribution in [2.75, 3.05) is 0 Å². The highest BCUT2D eigenvalue weighted by Crippen LogP contribution is 2.41. The summed E-state index contributed by atoms with van der Waals surface area (Å²) in [6.45, 7) is 0.866. The van der Waals surface area contributed by atoms with E-state index in [0.717, 1.165) is 6.61 Å². The Balaban J connectivity index is 2.69. The lowest BCUT2D eigenvalue weighted by Crippen LogP contribution is -2.43. The van der Waals surface area contributed by atoms with Gasteiger partial charge in [-0.05, 0) is 18.8 Å². The van der Waals surface area contributed by atoms with Crippen molar-refractivity contribution in [1.82, 2.24) is 0 Å². The molecule has 0 aromatic rings. The van der Waals surface area contributed by atoms with Gasteiger partial charge in [-0.3, -0.25) is 4.79 Å². The van der Waals surface area contributed by atoms with Crippen LogP contribution in [-0.2, 0) is 4.79 Å². The molecule has 5 heteroatoms. The first kappa shape index (κ1) is 10.4. The molecule has 1 aliphatic rings. The topological polar surface area (TPSA) is 63.3 Å². The predicted octanol–water partition coefficient (Wildman–Crippen LogP) is 1.06. The van der Waals surface area contributed by atoms with Crippen LogP contribution in [0.3, 0.4) is 0 Å². The van der Waals surface area contributed by atoms with Crippen LogP contribution < -0.4 is 5.73 Å². The molecule has 3 N–H and O–H groups in total. The summed E-state index contributed by atoms with van der Waals surface area (Å²) in [6.07, 6.45) is -0.242. The lowest BCUT2D eigenvalue weighted by molar-refractivity contribution is -0.145. The van der Waals surface area contributed by atoms with Crippen LogP contribution in [0.1, 0.15) is 19.3 Å². The first-order chi connectivity index (χ1) is 5.97. The van der Waals surface area contributed by atoms with E-state index in [-0.39, 0.29) is 25.2 Å². The minimum absolute atomic E-state index is 0.0567. The van der Waals surface area contributed by atoms with E-state index in [4.69, 9.17) is 10.8 Å². The van der Waals surface area contributed by atoms with Gasteiger partial charge in [-0.1, -0.05) is 0 Å². The maximum atomic E-state index is 13.0. The van der Waals surface area contributed by atoms with Crippen molar-refractivity contribution in [1.29, 1.82) is 0 Å². The van der Waals surface area contributed by atoms with Gasteiger partial charge in [0.2, 0.25) is 5.91 Å². The summed E-state index contributed by atoms with van der Waals surface area (Å²) in [5.74, 6) is -5.77. The molecule has 1 saturated carbocycles. The Morgan fingerprint density at radius 1 is 1.62 bits per heavy atom. The second-order valence-corrected chi connectivity index (χ2v) is 3.40. The minimum atomic E-state index is -3.01. The van der Waals surface area contributed by atoms with Gasteiger partial charge < -0.3 is 10.8 Å². The molecule has 0 aliphatic heterocycles. The highest BCUT2D eigenvalue weighted by molar-refractivity contribution is 5.77. The molecule has 2 unspecified atom stereocenters. The number of nitrogens with two attached hydrogens (primary N) is 1. The summed E-state index contributed by atoms with van der Waals surface area (Å²) in [4.78, 5) is 10.7. The smallest absolute Gasteiger partial charge is 0.259 e. The Bertz CT molecular complexity index is 208. The Kier molecular flexibility index (Phi) is 2.85. The van der Waals surface area contributed by atoms with Crippen molar-refractivity contribution in [3.05, 3.63) is 6.61 Å². The molecule has 0 heterocycles. The summed E-state index contributed by atoms with van der Waals surface area (Å²) in [7, 11) is 0. The average Bonchev–Trinajstić information content (AvgIpc) is 2.03. The fourth-order valence-electron chi connectivity index (χ4n) is 1.60. The zero-order valence-corrected chi connectivity index (χ0v) is 7.04. The number of carbonyl (C=O) groups is 1. The van der Waals surface area contributed by atoms with Crippen LogP contribution in [-0.4, -0.2) is 16.9 Å². The van der Waals surface area contributed by atoms with E-state index in [9.17, 15) is 13.6 Å². The third-order valence-electron chi connectivity index (χ3n) is 2.45. The second kappa shape index (κ2) is 3.57. The summed E-state index contributed by atoms with van der Waals surface area (Å²) >= 11 is 0. The lowest BCUT2D eigenvalue weighted by Gasteiger charge is -2.32. The molecule has 3 nitrogen and oxygen atoms in total. The number of primary amides is 1. The first-order valence-electron chi connectivity index (χ1n) is 4.12. The van der Waals surface area contributed by atoms with Crippen molar-refractivity contribution >= 4 is 5.91 Å². The van der Waals surface area contributed by atoms with E-state index in [1.807, 2.05) is 0 Å². The van der Waals surface area contributed by atoms with Crippen molar-refractivity contribution in [2.24, 2.45) is 17.6 Å². The van der Waals surface area contributed by atoms with Gasteiger partial charge in [0.05, 0.1) is 6.61 Å². The van der Waals surface area contributed by atoms with E-state index in [2.05, 4.69) is 0 Å². The number of aliphatic hydroxyl groups is 1. The van der Waals surface area contributed by atoms with Gasteiger partial charge in [-0.25, -0.2) is 8.78 Å². The second-order valence-electron chi connectivity index (χ2n) is 3.40. The van der Waals surface area contributed by atoms with Gasteiger partial charge in [-0.2, -0.15) is 0 Å². The first-order valence-corrected chi connectivity index (χ1v) is 4.12. The SMILES string of the molecule is NC(=O)C1CC([CH]O)CCC1(F)F. The molecule has 0 aromatic carbocycles. The van der Waals surface area contributed by atoms with Crippen molar-refractivity contribution < 1.29 is 18.7 Å². The molecule has 75 valence electrons. The molecule has 0 bridgehead atoms. The van der Waals surface area contributed by atoms with Crippen LogP contribution in [0, 0.1) is 18.4 Å². The summed E-state index contributed by atoms with van der Waals surface area (Å²) in [5.41, 5.74) is 4.85. The number of halogens is 2. The number of alkyl halides is 2. The van der Waals surface area contributed by atoms with Crippen LogP contribution in [0.2, 0.25) is 0 Å². The van der Waals surface area contributed by atoms with Gasteiger partial charge in [0, 0.05) is 6.42 Å². The van der Waals surface area contributed by atoms with E-state index in [1.54, 1.807) is 0 Å². The number of carbonyl (C=O) groups excluding carboxylic acids is 1. The number of aliphatic hydroxyl groups excluding tert-OH is 1. The van der Waals surface area contributed by atoms with Crippen molar-refractivity contribution in [3.8, 4) is 0 Å². The quantitative estimate of drug-likeness (QED) is 0.687. The lowest BCUT2D eigenvalue weighted by atomic mass is 9.78. The summed E-state index contributed by atoms with van der Waals surface area (Å²) in [5, 5.41) is 8.64. The maximum absolute atomic E-state index is 13.0. The minimum Gasteiger partial charge on any atom is -0.390 e. The molecule has 0 saturated heterocycles. The van der Waals surface area contributed by atoms with Gasteiger partial charge >= 0.3 is 0 Å². The van der Waals surface area contributed by atoms with Gasteiger partial charge in [0.1, 0.15) is 5.92 Å². The number of hydrogen-bond donors (Lipinski definition) is 2. The Morgan fingerprint density at radius 2 is 2.23 bits per heavy atom. The molecular formula is C8H12F2NO2. The zero-order valence-electron chi connectivity index (χ0n) is 7.04. The maximum Gasteiger partial charge on any atom is 0.259 e. The highest BCUT2D eigenvalue weighted by atomic mass is 19.3. The van der Waals surface area contributed by atoms with Crippen LogP contribution in [0.5, 0.6) is 0 Å². The predicted molar refractivity (Wildman–Crippen MR) is 41.2 cm³/mol. The van der Waals surface area contributed by atoms with Gasteiger partial charge in [-0.15, -0.1) is 0 Å². The van der Waals surface area contributed by atoms with E-state index < -0.39 is 17.7 Å². The van der Waals surface area contributed by atoms with Crippen molar-refractivity contribution in [3.63, 3.8) is 0 Å². The molecule has 1 fully saturated rings. The molecule has 1 rings (SSSR count). The van der Waals surface area contributed by atoms with Gasteiger partial charge in [0.25, 0.3) is 5.92 Å². The van der Waals surface area contributed by atoms with E-state index in [1.165, 1.54) is 0 Å². The Labute approximate surface area is 74.9 Å². The highest BCUT2D eigenvalue weighted by Gasteiger charge is 2.47. The molecule has 13 heavy (non-hydrogen) atoms. The van der Waals surface area contributed by atoms with Crippen LogP contribution >= 0.6 is 0 Å². The van der Waals surface area contributed by atoms with Crippen LogP contribution in [0.15, 0.2) is 0 Å². The number of hydrogen-bond acceptors (Lipinski definition) is 2. The third kappa shape index (κ3) is 2.15. The fourth-order valence-corrected chi connectivity index (χ4v) is 1.60. The summed E-state index contributed by atoms with van der Waals surface area (Å²) < 4.78 is 26.1. The van der Waals surface area contributed by atoms with E-state index >= 15 is 0 Å². The molecule has 1 aliphatic carbocycles. The molecule has 1 radical (unpaired) electrons. The average molecular weight is 192 g/mol. The number of amides is 1. The molecule has 0 aromatic heterocycles. The molecule has 1 amide bonds. The van der Waals surface area contributed by atoms with Crippen molar-refractivity contribution in [2.45, 2.75) is 25.2 Å². The van der Waals surface area contributed by atoms with Crippen LogP contribution in [0.25, 0.3) is 0 Å². The molecular weight excluding hydrogens is 180 g/mol. The monoisotopic (exact) mass is 192 g/mol. The molecule has 0 spiro atoms. The third-order valence-corrected chi connectivity index (χ3v) is 2.45. The molecule has 2 atom stereocenters.